The molecule has 0 aliphatic carbocycles. The van der Waals surface area contributed by atoms with Crippen molar-refractivity contribution < 1.29 is 9.59 Å². The molecule has 0 saturated heterocycles. The molecular formula is C10H11BrO2. The van der Waals surface area contributed by atoms with Crippen LogP contribution in [0.4, 0.5) is 0 Å². The summed E-state index contributed by atoms with van der Waals surface area (Å²) in [6.45, 7) is 3.00. The molecule has 0 heterocycles. The van der Waals surface area contributed by atoms with E-state index in [0.717, 1.165) is 16.3 Å². The first-order chi connectivity index (χ1) is 6.13. The summed E-state index contributed by atoms with van der Waals surface area (Å²) in [7, 11) is 0. The molecule has 0 aliphatic heterocycles. The molecule has 0 amide bonds. The fraction of sp³-hybridized carbons (Fsp3) is 0.200. The largest absolute Gasteiger partial charge is 0.304 e. The van der Waals surface area contributed by atoms with Crippen molar-refractivity contribution in [2.45, 2.75) is 13.8 Å². The Kier molecular flexibility index (Phi) is 6.06. The molecule has 0 spiro atoms. The summed E-state index contributed by atoms with van der Waals surface area (Å²) in [6, 6.07) is 7.39. The van der Waals surface area contributed by atoms with Crippen LogP contribution in [-0.4, -0.2) is 12.1 Å². The number of hydrogen-bond donors (Lipinski definition) is 0. The molecule has 1 aromatic carbocycles. The van der Waals surface area contributed by atoms with E-state index < -0.39 is 0 Å². The van der Waals surface area contributed by atoms with Gasteiger partial charge in [-0.15, -0.1) is 0 Å². The summed E-state index contributed by atoms with van der Waals surface area (Å²) in [4.78, 5) is 19.6. The summed E-state index contributed by atoms with van der Waals surface area (Å²) in [6.07, 6.45) is 0.750. The second kappa shape index (κ2) is 6.54. The van der Waals surface area contributed by atoms with Crippen LogP contribution in [-0.2, 0) is 4.79 Å². The van der Waals surface area contributed by atoms with E-state index in [1.165, 1.54) is 6.92 Å². The van der Waals surface area contributed by atoms with Crippen LogP contribution < -0.4 is 0 Å². The number of halogens is 1. The van der Waals surface area contributed by atoms with Gasteiger partial charge in [-0.2, -0.15) is 0 Å². The smallest absolute Gasteiger partial charge is 0.160 e. The van der Waals surface area contributed by atoms with Gasteiger partial charge < -0.3 is 4.79 Å². The van der Waals surface area contributed by atoms with Gasteiger partial charge in [-0.1, -0.05) is 34.1 Å². The number of carbonyl (C=O) groups excluding carboxylic acids is 2. The molecule has 0 saturated carbocycles. The highest BCUT2D eigenvalue weighted by Crippen LogP contribution is 2.15. The summed E-state index contributed by atoms with van der Waals surface area (Å²) >= 11 is 3.28. The molecule has 1 aromatic rings. The van der Waals surface area contributed by atoms with Gasteiger partial charge in [-0.25, -0.2) is 0 Å². The van der Waals surface area contributed by atoms with Crippen molar-refractivity contribution in [2.75, 3.05) is 0 Å². The van der Waals surface area contributed by atoms with E-state index in [4.69, 9.17) is 4.79 Å². The van der Waals surface area contributed by atoms with E-state index in [2.05, 4.69) is 15.9 Å². The lowest BCUT2D eigenvalue weighted by Gasteiger charge is -1.96. The van der Waals surface area contributed by atoms with Crippen molar-refractivity contribution in [3.05, 3.63) is 34.3 Å². The van der Waals surface area contributed by atoms with E-state index >= 15 is 0 Å². The van der Waals surface area contributed by atoms with Crippen molar-refractivity contribution >= 4 is 28.0 Å². The number of ketones is 1. The van der Waals surface area contributed by atoms with Crippen molar-refractivity contribution in [2.24, 2.45) is 0 Å². The lowest BCUT2D eigenvalue weighted by molar-refractivity contribution is -0.106. The maximum absolute atomic E-state index is 10.8. The van der Waals surface area contributed by atoms with Gasteiger partial charge in [0.1, 0.15) is 6.29 Å². The number of hydrogen-bond acceptors (Lipinski definition) is 2. The monoisotopic (exact) mass is 242 g/mol. The van der Waals surface area contributed by atoms with Crippen molar-refractivity contribution in [3.63, 3.8) is 0 Å². The molecule has 0 aromatic heterocycles. The molecule has 3 heteroatoms. The highest BCUT2D eigenvalue weighted by molar-refractivity contribution is 9.10. The standard InChI is InChI=1S/C8H7BrO.C2H4O/c1-6(10)7-4-2-3-5-8(7)9;1-2-3/h2-5H,1H3;2H,1H3. The number of Topliss-reactive ketones (excluding diaryl/α,β-unsaturated/α-hetero) is 1. The van der Waals surface area contributed by atoms with Crippen LogP contribution in [0, 0.1) is 0 Å². The van der Waals surface area contributed by atoms with Crippen LogP contribution in [0.3, 0.4) is 0 Å². The first-order valence-electron chi connectivity index (χ1n) is 3.78. The second-order valence-electron chi connectivity index (χ2n) is 2.27. The van der Waals surface area contributed by atoms with Gasteiger partial charge in [-0.3, -0.25) is 4.79 Å². The van der Waals surface area contributed by atoms with Gasteiger partial charge >= 0.3 is 0 Å². The van der Waals surface area contributed by atoms with Crippen LogP contribution in [0.25, 0.3) is 0 Å². The Morgan fingerprint density at radius 2 is 1.85 bits per heavy atom. The average molecular weight is 243 g/mol. The third kappa shape index (κ3) is 4.58. The molecule has 0 aliphatic rings. The van der Waals surface area contributed by atoms with Gasteiger partial charge in [0.2, 0.25) is 0 Å². The normalized spacial score (nSPS) is 8.23. The van der Waals surface area contributed by atoms with E-state index in [1.54, 1.807) is 13.0 Å². The molecular weight excluding hydrogens is 232 g/mol. The van der Waals surface area contributed by atoms with Crippen molar-refractivity contribution in [1.29, 1.82) is 0 Å². The first kappa shape index (κ1) is 12.0. The van der Waals surface area contributed by atoms with Gasteiger partial charge in [0, 0.05) is 10.0 Å². The Hall–Kier alpha value is -0.960. The number of rotatable bonds is 1. The molecule has 0 radical (unpaired) electrons. The summed E-state index contributed by atoms with van der Waals surface area (Å²) < 4.78 is 0.863. The number of benzene rings is 1. The van der Waals surface area contributed by atoms with E-state index in [1.807, 2.05) is 18.2 Å². The first-order valence-corrected chi connectivity index (χ1v) is 4.58. The predicted molar refractivity (Wildman–Crippen MR) is 55.9 cm³/mol. The molecule has 0 fully saturated rings. The third-order valence-corrected chi connectivity index (χ3v) is 1.94. The molecule has 1 rings (SSSR count). The highest BCUT2D eigenvalue weighted by atomic mass is 79.9. The van der Waals surface area contributed by atoms with Crippen LogP contribution in [0.15, 0.2) is 28.7 Å². The minimum Gasteiger partial charge on any atom is -0.304 e. The van der Waals surface area contributed by atoms with Crippen molar-refractivity contribution in [1.82, 2.24) is 0 Å². The Morgan fingerprint density at radius 3 is 2.15 bits per heavy atom. The SMILES string of the molecule is CC(=O)c1ccccc1Br.CC=O. The van der Waals surface area contributed by atoms with E-state index in [-0.39, 0.29) is 5.78 Å². The molecule has 2 nitrogen and oxygen atoms in total. The minimum absolute atomic E-state index is 0.0903. The minimum atomic E-state index is 0.0903. The van der Waals surface area contributed by atoms with Crippen LogP contribution >= 0.6 is 15.9 Å². The zero-order chi connectivity index (χ0) is 10.3. The maximum Gasteiger partial charge on any atom is 0.160 e. The Bertz CT molecular complexity index is 295. The van der Waals surface area contributed by atoms with Crippen LogP contribution in [0.5, 0.6) is 0 Å². The zero-order valence-corrected chi connectivity index (χ0v) is 9.17. The van der Waals surface area contributed by atoms with Crippen molar-refractivity contribution in [3.8, 4) is 0 Å². The molecule has 0 atom stereocenters. The fourth-order valence-electron chi connectivity index (χ4n) is 0.747. The lowest BCUT2D eigenvalue weighted by atomic mass is 10.2. The third-order valence-electron chi connectivity index (χ3n) is 1.25. The summed E-state index contributed by atoms with van der Waals surface area (Å²) in [5, 5.41) is 0. The molecule has 0 N–H and O–H groups in total. The highest BCUT2D eigenvalue weighted by Gasteiger charge is 2.01. The number of carbonyl (C=O) groups is 2. The van der Waals surface area contributed by atoms with E-state index in [0.29, 0.717) is 0 Å². The predicted octanol–water partition coefficient (Wildman–Crippen LogP) is 2.86. The Labute approximate surface area is 86.1 Å². The molecule has 0 bridgehead atoms. The van der Waals surface area contributed by atoms with Gasteiger partial charge in [0.05, 0.1) is 0 Å². The molecule has 70 valence electrons. The second-order valence-corrected chi connectivity index (χ2v) is 3.13. The van der Waals surface area contributed by atoms with Crippen LogP contribution in [0.2, 0.25) is 0 Å². The lowest BCUT2D eigenvalue weighted by Crippen LogP contribution is -1.91. The summed E-state index contributed by atoms with van der Waals surface area (Å²) in [5.74, 6) is 0.0903. The molecule has 0 unspecified atom stereocenters. The Morgan fingerprint density at radius 1 is 1.38 bits per heavy atom. The summed E-state index contributed by atoms with van der Waals surface area (Å²) in [5.41, 5.74) is 0.738. The molecule has 13 heavy (non-hydrogen) atoms. The topological polar surface area (TPSA) is 34.1 Å². The maximum atomic E-state index is 10.8. The van der Waals surface area contributed by atoms with E-state index in [9.17, 15) is 4.79 Å². The van der Waals surface area contributed by atoms with Crippen LogP contribution in [0.1, 0.15) is 24.2 Å². The van der Waals surface area contributed by atoms with Gasteiger partial charge in [-0.05, 0) is 19.9 Å². The quantitative estimate of drug-likeness (QED) is 0.561. The fourth-order valence-corrected chi connectivity index (χ4v) is 1.31. The van der Waals surface area contributed by atoms with Gasteiger partial charge in [0.25, 0.3) is 0 Å². The van der Waals surface area contributed by atoms with Gasteiger partial charge in [0.15, 0.2) is 5.78 Å². The Balaban J connectivity index is 0.000000424. The zero-order valence-electron chi connectivity index (χ0n) is 7.58. The average Bonchev–Trinajstić information content (AvgIpc) is 2.06. The number of aldehydes is 1.